The highest BCUT2D eigenvalue weighted by molar-refractivity contribution is 5.85. The maximum absolute atomic E-state index is 12.8. The van der Waals surface area contributed by atoms with Gasteiger partial charge in [-0.25, -0.2) is 0 Å². The third-order valence-corrected chi connectivity index (χ3v) is 6.34. The molecule has 0 aromatic carbocycles. The first-order valence-corrected chi connectivity index (χ1v) is 9.20. The van der Waals surface area contributed by atoms with Gasteiger partial charge in [-0.1, -0.05) is 19.3 Å². The van der Waals surface area contributed by atoms with E-state index in [9.17, 15) is 4.79 Å². The molecule has 1 aromatic heterocycles. The van der Waals surface area contributed by atoms with E-state index in [1.165, 1.54) is 44.1 Å². The minimum Gasteiger partial charge on any atom is -0.353 e. The maximum Gasteiger partial charge on any atom is 0.225 e. The minimum absolute atomic E-state index is 0. The van der Waals surface area contributed by atoms with Crippen molar-refractivity contribution in [2.24, 2.45) is 24.8 Å². The molecule has 0 radical (unpaired) electrons. The van der Waals surface area contributed by atoms with Gasteiger partial charge in [-0.2, -0.15) is 5.10 Å². The van der Waals surface area contributed by atoms with Crippen molar-refractivity contribution < 1.29 is 4.79 Å². The highest BCUT2D eigenvalue weighted by atomic mass is 35.5. The summed E-state index contributed by atoms with van der Waals surface area (Å²) in [6, 6.07) is 0.400. The fourth-order valence-corrected chi connectivity index (χ4v) is 5.08. The number of halogens is 1. The molecule has 5 nitrogen and oxygen atoms in total. The summed E-state index contributed by atoms with van der Waals surface area (Å²) in [7, 11) is 1.93. The number of fused-ring (bicyclic) bond motifs is 1. The van der Waals surface area contributed by atoms with Crippen LogP contribution in [0, 0.1) is 17.8 Å². The normalized spacial score (nSPS) is 35.3. The van der Waals surface area contributed by atoms with Crippen molar-refractivity contribution in [3.8, 4) is 0 Å². The van der Waals surface area contributed by atoms with Gasteiger partial charge in [0.05, 0.1) is 12.1 Å². The molecule has 1 saturated heterocycles. The van der Waals surface area contributed by atoms with Gasteiger partial charge in [0.25, 0.3) is 0 Å². The lowest BCUT2D eigenvalue weighted by Crippen LogP contribution is -2.44. The number of hydrogen-bond donors (Lipinski definition) is 2. The van der Waals surface area contributed by atoms with Gasteiger partial charge in [-0.05, 0) is 36.7 Å². The van der Waals surface area contributed by atoms with E-state index in [4.69, 9.17) is 0 Å². The molecule has 0 bridgehead atoms. The van der Waals surface area contributed by atoms with Gasteiger partial charge in [0, 0.05) is 38.3 Å². The molecule has 2 N–H and O–H groups in total. The SMILES string of the molecule is Cl.Cn1cc([C@H]2CNC[C@@H]2C(=O)NC2CCC3CCCC3C2)cn1. The largest absolute Gasteiger partial charge is 0.353 e. The van der Waals surface area contributed by atoms with Crippen molar-refractivity contribution in [1.29, 1.82) is 0 Å². The van der Waals surface area contributed by atoms with Crippen molar-refractivity contribution in [3.63, 3.8) is 0 Å². The highest BCUT2D eigenvalue weighted by Gasteiger charge is 2.38. The minimum atomic E-state index is 0. The second-order valence-electron chi connectivity index (χ2n) is 7.79. The predicted octanol–water partition coefficient (Wildman–Crippen LogP) is 2.23. The van der Waals surface area contributed by atoms with Gasteiger partial charge < -0.3 is 10.6 Å². The first-order chi connectivity index (χ1) is 11.2. The van der Waals surface area contributed by atoms with E-state index < -0.39 is 0 Å². The molecule has 0 spiro atoms. The Hall–Kier alpha value is -1.07. The van der Waals surface area contributed by atoms with Crippen LogP contribution in [-0.4, -0.2) is 34.8 Å². The molecule has 3 unspecified atom stereocenters. The Kier molecular flexibility index (Phi) is 5.50. The fourth-order valence-electron chi connectivity index (χ4n) is 5.08. The molecule has 6 heteroatoms. The lowest BCUT2D eigenvalue weighted by Gasteiger charge is -2.33. The van der Waals surface area contributed by atoms with Crippen LogP contribution in [0.4, 0.5) is 0 Å². The Labute approximate surface area is 150 Å². The lowest BCUT2D eigenvalue weighted by atomic mass is 9.79. The summed E-state index contributed by atoms with van der Waals surface area (Å²) in [5.74, 6) is 2.35. The zero-order valence-corrected chi connectivity index (χ0v) is 15.2. The molecular formula is C18H29ClN4O. The molecule has 2 heterocycles. The Balaban J connectivity index is 0.00000169. The molecule has 1 aliphatic heterocycles. The average molecular weight is 353 g/mol. The first-order valence-electron chi connectivity index (χ1n) is 9.20. The number of nitrogens with zero attached hydrogens (tertiary/aromatic N) is 2. The third-order valence-electron chi connectivity index (χ3n) is 6.34. The van der Waals surface area contributed by atoms with Crippen molar-refractivity contribution in [1.82, 2.24) is 20.4 Å². The van der Waals surface area contributed by atoms with Gasteiger partial charge in [0.2, 0.25) is 5.91 Å². The predicted molar refractivity (Wildman–Crippen MR) is 96.2 cm³/mol. The van der Waals surface area contributed by atoms with Crippen LogP contribution >= 0.6 is 12.4 Å². The fraction of sp³-hybridized carbons (Fsp3) is 0.778. The highest BCUT2D eigenvalue weighted by Crippen LogP contribution is 2.42. The molecule has 134 valence electrons. The number of carbonyl (C=O) groups is 1. The van der Waals surface area contributed by atoms with Crippen LogP contribution in [0.15, 0.2) is 12.4 Å². The molecule has 3 fully saturated rings. The van der Waals surface area contributed by atoms with E-state index in [1.54, 1.807) is 0 Å². The maximum atomic E-state index is 12.8. The summed E-state index contributed by atoms with van der Waals surface area (Å²) in [5.41, 5.74) is 1.18. The number of aryl methyl sites for hydroxylation is 1. The molecule has 5 atom stereocenters. The van der Waals surface area contributed by atoms with Gasteiger partial charge in [0.1, 0.15) is 0 Å². The molecule has 4 rings (SSSR count). The summed E-state index contributed by atoms with van der Waals surface area (Å²) in [5, 5.41) is 11.0. The van der Waals surface area contributed by atoms with Crippen LogP contribution in [0.3, 0.4) is 0 Å². The van der Waals surface area contributed by atoms with Crippen LogP contribution in [0.1, 0.15) is 50.0 Å². The van der Waals surface area contributed by atoms with Gasteiger partial charge in [-0.3, -0.25) is 9.48 Å². The van der Waals surface area contributed by atoms with Gasteiger partial charge in [-0.15, -0.1) is 12.4 Å². The first kappa shape index (κ1) is 17.7. The van der Waals surface area contributed by atoms with Crippen LogP contribution in [0.2, 0.25) is 0 Å². The topological polar surface area (TPSA) is 59.0 Å². The van der Waals surface area contributed by atoms with Crippen LogP contribution in [0.5, 0.6) is 0 Å². The number of rotatable bonds is 3. The Morgan fingerprint density at radius 3 is 2.88 bits per heavy atom. The van der Waals surface area contributed by atoms with E-state index in [0.717, 1.165) is 24.9 Å². The van der Waals surface area contributed by atoms with Crippen molar-refractivity contribution in [2.75, 3.05) is 13.1 Å². The summed E-state index contributed by atoms with van der Waals surface area (Å²) in [6.45, 7) is 1.66. The molecule has 1 aromatic rings. The molecule has 2 saturated carbocycles. The standard InChI is InChI=1S/C18H28N4O.ClH/c1-22-11-14(8-20-22)16-9-19-10-17(16)18(23)21-15-6-5-12-3-2-4-13(12)7-15;/h8,11-13,15-17,19H,2-7,9-10H2,1H3,(H,21,23);1H/t12?,13?,15?,16-,17+;/m1./s1. The molecular weight excluding hydrogens is 324 g/mol. The van der Waals surface area contributed by atoms with Crippen LogP contribution < -0.4 is 10.6 Å². The molecule has 3 aliphatic rings. The Bertz CT molecular complexity index is 575. The summed E-state index contributed by atoms with van der Waals surface area (Å²) in [6.07, 6.45) is 11.8. The van der Waals surface area contributed by atoms with E-state index in [0.29, 0.717) is 6.04 Å². The molecule has 2 aliphatic carbocycles. The number of carbonyl (C=O) groups excluding carboxylic acids is 1. The van der Waals surface area contributed by atoms with E-state index in [1.807, 2.05) is 24.1 Å². The smallest absolute Gasteiger partial charge is 0.225 e. The van der Waals surface area contributed by atoms with Crippen molar-refractivity contribution in [2.45, 2.75) is 50.5 Å². The third kappa shape index (κ3) is 3.47. The Morgan fingerprint density at radius 1 is 1.25 bits per heavy atom. The van der Waals surface area contributed by atoms with E-state index in [2.05, 4.69) is 15.7 Å². The summed E-state index contributed by atoms with van der Waals surface area (Å²) in [4.78, 5) is 12.8. The van der Waals surface area contributed by atoms with E-state index >= 15 is 0 Å². The number of amides is 1. The zero-order valence-electron chi connectivity index (χ0n) is 14.4. The van der Waals surface area contributed by atoms with E-state index in [-0.39, 0.29) is 30.2 Å². The number of nitrogens with one attached hydrogen (secondary N) is 2. The van der Waals surface area contributed by atoms with Crippen LogP contribution in [-0.2, 0) is 11.8 Å². The van der Waals surface area contributed by atoms with Gasteiger partial charge in [0.15, 0.2) is 0 Å². The van der Waals surface area contributed by atoms with Gasteiger partial charge >= 0.3 is 0 Å². The summed E-state index contributed by atoms with van der Waals surface area (Å²) < 4.78 is 1.82. The second-order valence-corrected chi connectivity index (χ2v) is 7.79. The number of aromatic nitrogens is 2. The lowest BCUT2D eigenvalue weighted by molar-refractivity contribution is -0.125. The summed E-state index contributed by atoms with van der Waals surface area (Å²) >= 11 is 0. The molecule has 24 heavy (non-hydrogen) atoms. The van der Waals surface area contributed by atoms with Crippen molar-refractivity contribution >= 4 is 18.3 Å². The monoisotopic (exact) mass is 352 g/mol. The van der Waals surface area contributed by atoms with Crippen molar-refractivity contribution in [3.05, 3.63) is 18.0 Å². The second kappa shape index (κ2) is 7.44. The van der Waals surface area contributed by atoms with Crippen LogP contribution in [0.25, 0.3) is 0 Å². The Morgan fingerprint density at radius 2 is 2.08 bits per heavy atom. The molecule has 1 amide bonds. The quantitative estimate of drug-likeness (QED) is 0.877. The average Bonchev–Trinajstić information content (AvgIpc) is 3.26. The number of hydrogen-bond acceptors (Lipinski definition) is 3. The zero-order chi connectivity index (χ0) is 15.8.